The van der Waals surface area contributed by atoms with Crippen LogP contribution >= 0.6 is 0 Å². The fraction of sp³-hybridized carbons (Fsp3) is 0.231. The topological polar surface area (TPSA) is 123 Å². The molecule has 0 fully saturated rings. The van der Waals surface area contributed by atoms with Crippen molar-refractivity contribution < 1.29 is 23.9 Å². The number of hydrogen-bond acceptors (Lipinski definition) is 6. The second-order valence-corrected chi connectivity index (χ2v) is 7.46. The van der Waals surface area contributed by atoms with E-state index in [0.29, 0.717) is 28.9 Å². The Hall–Kier alpha value is -4.20. The Kier molecular flexibility index (Phi) is 9.76. The molecule has 0 aliphatic carbocycles. The van der Waals surface area contributed by atoms with Crippen LogP contribution in [0.25, 0.3) is 6.08 Å². The van der Waals surface area contributed by atoms with Crippen LogP contribution in [0.3, 0.4) is 0 Å². The predicted octanol–water partition coefficient (Wildman–Crippen LogP) is 3.37. The molecule has 1 amide bonds. The zero-order chi connectivity index (χ0) is 25.1. The van der Waals surface area contributed by atoms with Crippen LogP contribution in [0.4, 0.5) is 0 Å². The first-order valence-electron chi connectivity index (χ1n) is 10.7. The molecule has 0 aliphatic rings. The molecule has 0 atom stereocenters. The van der Waals surface area contributed by atoms with E-state index in [1.165, 1.54) is 4.90 Å². The molecule has 0 saturated heterocycles. The Balaban J connectivity index is 2.04. The van der Waals surface area contributed by atoms with Crippen LogP contribution in [0, 0.1) is 5.41 Å². The molecule has 0 aromatic heterocycles. The summed E-state index contributed by atoms with van der Waals surface area (Å²) in [5.74, 6) is -0.879. The van der Waals surface area contributed by atoms with Gasteiger partial charge in [-0.2, -0.15) is 0 Å². The molecule has 34 heavy (non-hydrogen) atoms. The van der Waals surface area contributed by atoms with Gasteiger partial charge in [-0.25, -0.2) is 4.79 Å². The van der Waals surface area contributed by atoms with E-state index in [4.69, 9.17) is 20.6 Å². The van der Waals surface area contributed by atoms with Crippen molar-refractivity contribution in [3.63, 3.8) is 0 Å². The minimum absolute atomic E-state index is 0.0585. The average molecular weight is 464 g/mol. The number of esters is 2. The van der Waals surface area contributed by atoms with Gasteiger partial charge in [-0.3, -0.25) is 15.0 Å². The van der Waals surface area contributed by atoms with Crippen LogP contribution in [-0.2, 0) is 20.7 Å². The number of amidine groups is 1. The highest BCUT2D eigenvalue weighted by atomic mass is 16.5. The number of benzene rings is 2. The van der Waals surface area contributed by atoms with E-state index < -0.39 is 11.9 Å². The maximum Gasteiger partial charge on any atom is 0.343 e. The van der Waals surface area contributed by atoms with Crippen LogP contribution in [-0.4, -0.2) is 48.3 Å². The Morgan fingerprint density at radius 3 is 2.29 bits per heavy atom. The molecule has 3 N–H and O–H groups in total. The minimum atomic E-state index is -0.519. The van der Waals surface area contributed by atoms with Gasteiger partial charge in [0.25, 0.3) is 0 Å². The Labute approximate surface area is 199 Å². The fourth-order valence-corrected chi connectivity index (χ4v) is 3.08. The molecule has 2 rings (SSSR count). The van der Waals surface area contributed by atoms with Crippen LogP contribution in [0.15, 0.2) is 66.8 Å². The first kappa shape index (κ1) is 26.1. The molecule has 0 unspecified atom stereocenters. The first-order valence-corrected chi connectivity index (χ1v) is 10.7. The Morgan fingerprint density at radius 2 is 1.74 bits per heavy atom. The lowest BCUT2D eigenvalue weighted by Crippen LogP contribution is -2.37. The number of carbonyl (C=O) groups excluding carboxylic acids is 3. The number of nitrogens with two attached hydrogens (primary N) is 1. The number of carbonyl (C=O) groups is 3. The van der Waals surface area contributed by atoms with Crippen molar-refractivity contribution in [1.82, 2.24) is 4.90 Å². The average Bonchev–Trinajstić information content (AvgIpc) is 2.80. The second kappa shape index (κ2) is 12.7. The summed E-state index contributed by atoms with van der Waals surface area (Å²) in [6.07, 6.45) is 3.55. The molecule has 0 saturated carbocycles. The van der Waals surface area contributed by atoms with E-state index in [0.717, 1.165) is 5.56 Å². The number of rotatable bonds is 11. The van der Waals surface area contributed by atoms with Crippen molar-refractivity contribution >= 4 is 29.8 Å². The molecule has 0 bridgehead atoms. The summed E-state index contributed by atoms with van der Waals surface area (Å²) in [4.78, 5) is 38.3. The maximum atomic E-state index is 12.7. The quantitative estimate of drug-likeness (QED) is 0.132. The van der Waals surface area contributed by atoms with Crippen molar-refractivity contribution in [3.05, 3.63) is 83.4 Å². The number of ether oxygens (including phenoxy) is 2. The van der Waals surface area contributed by atoms with Gasteiger partial charge in [0.15, 0.2) is 0 Å². The zero-order valence-electron chi connectivity index (χ0n) is 19.4. The van der Waals surface area contributed by atoms with E-state index in [-0.39, 0.29) is 31.4 Å². The van der Waals surface area contributed by atoms with Crippen LogP contribution < -0.4 is 10.5 Å². The molecule has 2 aromatic carbocycles. The summed E-state index contributed by atoms with van der Waals surface area (Å²) in [6, 6.07) is 13.4. The van der Waals surface area contributed by atoms with E-state index in [1.54, 1.807) is 74.5 Å². The summed E-state index contributed by atoms with van der Waals surface area (Å²) in [7, 11) is 0. The summed E-state index contributed by atoms with van der Waals surface area (Å²) in [5.41, 5.74) is 7.72. The normalized spacial score (nSPS) is 10.8. The van der Waals surface area contributed by atoms with Gasteiger partial charge >= 0.3 is 11.9 Å². The Bertz CT molecular complexity index is 1070. The van der Waals surface area contributed by atoms with E-state index in [2.05, 4.69) is 6.58 Å². The van der Waals surface area contributed by atoms with Crippen molar-refractivity contribution in [3.8, 4) is 5.75 Å². The van der Waals surface area contributed by atoms with Gasteiger partial charge in [-0.05, 0) is 55.3 Å². The summed E-state index contributed by atoms with van der Waals surface area (Å²) in [6.45, 7) is 7.27. The molecule has 8 heteroatoms. The third-order valence-corrected chi connectivity index (χ3v) is 4.66. The van der Waals surface area contributed by atoms with Crippen LogP contribution in [0.5, 0.6) is 5.75 Å². The van der Waals surface area contributed by atoms with Crippen LogP contribution in [0.2, 0.25) is 0 Å². The lowest BCUT2D eigenvalue weighted by atomic mass is 10.1. The molecule has 0 radical (unpaired) electrons. The molecule has 0 spiro atoms. The van der Waals surface area contributed by atoms with E-state index in [9.17, 15) is 14.4 Å². The maximum absolute atomic E-state index is 12.7. The van der Waals surface area contributed by atoms with Crippen LogP contribution in [0.1, 0.15) is 35.3 Å². The molecule has 8 nitrogen and oxygen atoms in total. The molecule has 178 valence electrons. The fourth-order valence-electron chi connectivity index (χ4n) is 3.08. The summed E-state index contributed by atoms with van der Waals surface area (Å²) in [5, 5.41) is 7.32. The number of amides is 1. The highest BCUT2D eigenvalue weighted by molar-refractivity contribution is 5.99. The van der Waals surface area contributed by atoms with Gasteiger partial charge in [0, 0.05) is 18.5 Å². The first-order chi connectivity index (χ1) is 16.2. The van der Waals surface area contributed by atoms with Gasteiger partial charge in [0.2, 0.25) is 5.91 Å². The van der Waals surface area contributed by atoms with Gasteiger partial charge in [0.1, 0.15) is 12.3 Å². The number of hydrogen-bond donors (Lipinski definition) is 2. The molecule has 2 aromatic rings. The highest BCUT2D eigenvalue weighted by Gasteiger charge is 2.18. The summed E-state index contributed by atoms with van der Waals surface area (Å²) < 4.78 is 10.3. The van der Waals surface area contributed by atoms with Gasteiger partial charge < -0.3 is 20.1 Å². The third kappa shape index (κ3) is 8.05. The molecule has 0 heterocycles. The zero-order valence-corrected chi connectivity index (χ0v) is 19.4. The van der Waals surface area contributed by atoms with Crippen molar-refractivity contribution in [1.29, 1.82) is 5.41 Å². The lowest BCUT2D eigenvalue weighted by Gasteiger charge is -2.20. The largest absolute Gasteiger partial charge is 0.465 e. The smallest absolute Gasteiger partial charge is 0.343 e. The number of nitrogens with one attached hydrogen (secondary N) is 1. The molecular formula is C26H29N3O5. The lowest BCUT2D eigenvalue weighted by molar-refractivity contribution is -0.147. The van der Waals surface area contributed by atoms with Crippen molar-refractivity contribution in [2.24, 2.45) is 5.73 Å². The SMILES string of the molecule is C=CCN(CC(=O)OCC)C(=O)/C(C)=C/c1ccc(C(=O)Oc2ccc(CC(=N)N)cc2)cc1. The summed E-state index contributed by atoms with van der Waals surface area (Å²) >= 11 is 0. The van der Waals surface area contributed by atoms with Gasteiger partial charge in [-0.15, -0.1) is 6.58 Å². The van der Waals surface area contributed by atoms with Crippen molar-refractivity contribution in [2.45, 2.75) is 20.3 Å². The second-order valence-electron chi connectivity index (χ2n) is 7.46. The minimum Gasteiger partial charge on any atom is -0.465 e. The number of nitrogens with zero attached hydrogens (tertiary/aromatic N) is 1. The Morgan fingerprint density at radius 1 is 1.09 bits per heavy atom. The molecule has 0 aliphatic heterocycles. The van der Waals surface area contributed by atoms with Gasteiger partial charge in [0.05, 0.1) is 18.0 Å². The monoisotopic (exact) mass is 463 g/mol. The third-order valence-electron chi connectivity index (χ3n) is 4.66. The van der Waals surface area contributed by atoms with Crippen molar-refractivity contribution in [2.75, 3.05) is 19.7 Å². The molecular weight excluding hydrogens is 434 g/mol. The standard InChI is InChI=1S/C26H29N3O5/c1-4-14-29(17-24(30)33-5-2)25(31)18(3)15-19-6-10-21(11-7-19)26(32)34-22-12-8-20(9-13-22)16-23(27)28/h4,6-13,15H,1,5,14,16-17H2,2-3H3,(H3,27,28)/b18-15+. The van der Waals surface area contributed by atoms with Gasteiger partial charge in [-0.1, -0.05) is 30.3 Å². The van der Waals surface area contributed by atoms with E-state index in [1.807, 2.05) is 0 Å². The highest BCUT2D eigenvalue weighted by Crippen LogP contribution is 2.16. The predicted molar refractivity (Wildman–Crippen MR) is 131 cm³/mol. The van der Waals surface area contributed by atoms with E-state index >= 15 is 0 Å².